The van der Waals surface area contributed by atoms with E-state index in [1.165, 1.54) is 0 Å². The van der Waals surface area contributed by atoms with Crippen molar-refractivity contribution in [3.8, 4) is 0 Å². The minimum absolute atomic E-state index is 0.0304. The predicted octanol–water partition coefficient (Wildman–Crippen LogP) is 1.81. The van der Waals surface area contributed by atoms with Crippen LogP contribution in [0, 0.1) is 5.92 Å². The molecule has 0 heterocycles. The summed E-state index contributed by atoms with van der Waals surface area (Å²) in [5.41, 5.74) is -0.273. The number of carboxylic acid groups (broad SMARTS) is 1. The average molecular weight is 259 g/mol. The van der Waals surface area contributed by atoms with Crippen LogP contribution in [0.4, 0.5) is 0 Å². The van der Waals surface area contributed by atoms with Crippen LogP contribution in [0.2, 0.25) is 0 Å². The van der Waals surface area contributed by atoms with E-state index in [1.807, 2.05) is 13.8 Å². The Hall–Kier alpha value is -1.10. The molecule has 2 N–H and O–H groups in total. The third-order valence-electron chi connectivity index (χ3n) is 2.42. The third-order valence-corrected chi connectivity index (χ3v) is 2.42. The van der Waals surface area contributed by atoms with E-state index in [-0.39, 0.29) is 24.3 Å². The zero-order valence-corrected chi connectivity index (χ0v) is 11.8. The molecular formula is C13H25NO4. The van der Waals surface area contributed by atoms with Gasteiger partial charge in [-0.25, -0.2) is 0 Å². The Morgan fingerprint density at radius 1 is 1.28 bits per heavy atom. The first-order valence-electron chi connectivity index (χ1n) is 6.35. The van der Waals surface area contributed by atoms with Crippen LogP contribution in [-0.2, 0) is 14.3 Å². The van der Waals surface area contributed by atoms with Gasteiger partial charge in [-0.15, -0.1) is 0 Å². The van der Waals surface area contributed by atoms with Crippen LogP contribution in [0.1, 0.15) is 47.0 Å². The van der Waals surface area contributed by atoms with E-state index in [2.05, 4.69) is 19.2 Å². The highest BCUT2D eigenvalue weighted by atomic mass is 16.5. The molecule has 18 heavy (non-hydrogen) atoms. The van der Waals surface area contributed by atoms with Crippen LogP contribution >= 0.6 is 0 Å². The van der Waals surface area contributed by atoms with E-state index >= 15 is 0 Å². The summed E-state index contributed by atoms with van der Waals surface area (Å²) in [7, 11) is 0. The number of nitrogens with one attached hydrogen (secondary N) is 1. The molecule has 0 unspecified atom stereocenters. The van der Waals surface area contributed by atoms with E-state index in [4.69, 9.17) is 9.84 Å². The molecule has 0 atom stereocenters. The molecule has 0 bridgehead atoms. The van der Waals surface area contributed by atoms with Crippen molar-refractivity contribution in [2.75, 3.05) is 13.2 Å². The van der Waals surface area contributed by atoms with Gasteiger partial charge in [0.1, 0.15) is 0 Å². The SMILES string of the molecule is CC(C)COC(C)(C)CCNC(=O)CCC(=O)O. The van der Waals surface area contributed by atoms with Gasteiger partial charge in [-0.2, -0.15) is 0 Å². The Labute approximate surface area is 109 Å². The molecule has 0 fully saturated rings. The first-order valence-corrected chi connectivity index (χ1v) is 6.35. The zero-order chi connectivity index (χ0) is 14.2. The molecule has 5 nitrogen and oxygen atoms in total. The molecule has 0 aromatic heterocycles. The van der Waals surface area contributed by atoms with Crippen LogP contribution in [0.25, 0.3) is 0 Å². The van der Waals surface area contributed by atoms with Crippen LogP contribution in [0.15, 0.2) is 0 Å². The van der Waals surface area contributed by atoms with Crippen LogP contribution in [-0.4, -0.2) is 35.7 Å². The molecule has 0 aliphatic carbocycles. The topological polar surface area (TPSA) is 75.6 Å². The number of amides is 1. The highest BCUT2D eigenvalue weighted by Crippen LogP contribution is 2.15. The number of hydrogen-bond acceptors (Lipinski definition) is 3. The fraction of sp³-hybridized carbons (Fsp3) is 0.846. The second-order valence-corrected chi connectivity index (χ2v) is 5.46. The highest BCUT2D eigenvalue weighted by molar-refractivity contribution is 5.80. The molecule has 1 amide bonds. The smallest absolute Gasteiger partial charge is 0.303 e. The Bertz CT molecular complexity index is 274. The number of ether oxygens (including phenoxy) is 1. The molecule has 0 aromatic rings. The van der Waals surface area contributed by atoms with Gasteiger partial charge in [0.25, 0.3) is 0 Å². The van der Waals surface area contributed by atoms with Crippen molar-refractivity contribution < 1.29 is 19.4 Å². The third kappa shape index (κ3) is 10.1. The molecule has 0 aliphatic rings. The fourth-order valence-corrected chi connectivity index (χ4v) is 1.28. The largest absolute Gasteiger partial charge is 0.481 e. The van der Waals surface area contributed by atoms with E-state index in [1.54, 1.807) is 0 Å². The summed E-state index contributed by atoms with van der Waals surface area (Å²) >= 11 is 0. The lowest BCUT2D eigenvalue weighted by Gasteiger charge is -2.26. The van der Waals surface area contributed by atoms with Crippen molar-refractivity contribution >= 4 is 11.9 Å². The van der Waals surface area contributed by atoms with Gasteiger partial charge in [-0.05, 0) is 26.2 Å². The lowest BCUT2D eigenvalue weighted by Crippen LogP contribution is -2.33. The normalized spacial score (nSPS) is 11.6. The van der Waals surface area contributed by atoms with Gasteiger partial charge >= 0.3 is 5.97 Å². The molecule has 0 saturated carbocycles. The van der Waals surface area contributed by atoms with Gasteiger partial charge in [0.15, 0.2) is 0 Å². The Balaban J connectivity index is 3.74. The molecule has 106 valence electrons. The maximum absolute atomic E-state index is 11.3. The summed E-state index contributed by atoms with van der Waals surface area (Å²) in [4.78, 5) is 21.6. The lowest BCUT2D eigenvalue weighted by atomic mass is 10.0. The molecule has 0 saturated heterocycles. The Morgan fingerprint density at radius 3 is 2.39 bits per heavy atom. The van der Waals surface area contributed by atoms with Crippen LogP contribution in [0.5, 0.6) is 0 Å². The van der Waals surface area contributed by atoms with Crippen molar-refractivity contribution in [3.63, 3.8) is 0 Å². The average Bonchev–Trinajstić information content (AvgIpc) is 2.23. The van der Waals surface area contributed by atoms with E-state index < -0.39 is 5.97 Å². The number of carboxylic acids is 1. The second kappa shape index (κ2) is 8.08. The van der Waals surface area contributed by atoms with E-state index in [0.29, 0.717) is 25.5 Å². The fourth-order valence-electron chi connectivity index (χ4n) is 1.28. The van der Waals surface area contributed by atoms with Gasteiger partial charge in [-0.1, -0.05) is 13.8 Å². The summed E-state index contributed by atoms with van der Waals surface area (Å²) in [6.45, 7) is 9.34. The summed E-state index contributed by atoms with van der Waals surface area (Å²) in [5, 5.41) is 11.1. The summed E-state index contributed by atoms with van der Waals surface area (Å²) in [6.07, 6.45) is 0.611. The Kier molecular flexibility index (Phi) is 7.59. The maximum Gasteiger partial charge on any atom is 0.303 e. The minimum atomic E-state index is -0.953. The molecule has 0 aliphatic heterocycles. The molecule has 0 radical (unpaired) electrons. The van der Waals surface area contributed by atoms with Crippen molar-refractivity contribution in [2.24, 2.45) is 5.92 Å². The number of aliphatic carboxylic acids is 1. The van der Waals surface area contributed by atoms with Crippen molar-refractivity contribution in [3.05, 3.63) is 0 Å². The molecule has 5 heteroatoms. The summed E-state index contributed by atoms with van der Waals surface area (Å²) < 4.78 is 5.73. The molecule has 0 aromatic carbocycles. The van der Waals surface area contributed by atoms with Gasteiger partial charge in [0.2, 0.25) is 5.91 Å². The van der Waals surface area contributed by atoms with Gasteiger partial charge in [0, 0.05) is 19.6 Å². The quantitative estimate of drug-likeness (QED) is 0.662. The first kappa shape index (κ1) is 16.9. The predicted molar refractivity (Wildman–Crippen MR) is 69.4 cm³/mol. The number of rotatable bonds is 9. The second-order valence-electron chi connectivity index (χ2n) is 5.46. The van der Waals surface area contributed by atoms with Crippen LogP contribution < -0.4 is 5.32 Å². The van der Waals surface area contributed by atoms with Crippen molar-refractivity contribution in [1.29, 1.82) is 0 Å². The zero-order valence-electron chi connectivity index (χ0n) is 11.8. The molecular weight excluding hydrogens is 234 g/mol. The van der Waals surface area contributed by atoms with Gasteiger partial charge in [-0.3, -0.25) is 9.59 Å². The summed E-state index contributed by atoms with van der Waals surface area (Å²) in [5.74, 6) is -0.697. The lowest BCUT2D eigenvalue weighted by molar-refractivity contribution is -0.138. The summed E-state index contributed by atoms with van der Waals surface area (Å²) in [6, 6.07) is 0. The van der Waals surface area contributed by atoms with E-state index in [9.17, 15) is 9.59 Å². The van der Waals surface area contributed by atoms with E-state index in [0.717, 1.165) is 0 Å². The minimum Gasteiger partial charge on any atom is -0.481 e. The van der Waals surface area contributed by atoms with Crippen molar-refractivity contribution in [2.45, 2.75) is 52.6 Å². The van der Waals surface area contributed by atoms with Gasteiger partial charge < -0.3 is 15.2 Å². The highest BCUT2D eigenvalue weighted by Gasteiger charge is 2.18. The van der Waals surface area contributed by atoms with Crippen molar-refractivity contribution in [1.82, 2.24) is 5.32 Å². The maximum atomic E-state index is 11.3. The molecule has 0 rings (SSSR count). The molecule has 0 spiro atoms. The van der Waals surface area contributed by atoms with Crippen LogP contribution in [0.3, 0.4) is 0 Å². The standard InChI is InChI=1S/C13H25NO4/c1-10(2)9-18-13(3,4)7-8-14-11(15)5-6-12(16)17/h10H,5-9H2,1-4H3,(H,14,15)(H,16,17). The van der Waals surface area contributed by atoms with Gasteiger partial charge in [0.05, 0.1) is 12.0 Å². The number of carbonyl (C=O) groups excluding carboxylic acids is 1. The number of hydrogen-bond donors (Lipinski definition) is 2. The number of carbonyl (C=O) groups is 2. The monoisotopic (exact) mass is 259 g/mol. The Morgan fingerprint density at radius 2 is 1.89 bits per heavy atom. The first-order chi connectivity index (χ1) is 8.23.